The Morgan fingerprint density at radius 2 is 1.56 bits per heavy atom. The first-order valence-electron chi connectivity index (χ1n) is 7.38. The van der Waals surface area contributed by atoms with E-state index < -0.39 is 47.4 Å². The van der Waals surface area contributed by atoms with Gasteiger partial charge in [-0.15, -0.1) is 0 Å². The van der Waals surface area contributed by atoms with E-state index in [-0.39, 0.29) is 23.3 Å². The number of amides is 1. The second-order valence-electron chi connectivity index (χ2n) is 6.06. The Bertz CT molecular complexity index is 743. The second-order valence-corrected chi connectivity index (χ2v) is 6.06. The average molecular weight is 411 g/mol. The van der Waals surface area contributed by atoms with Gasteiger partial charge < -0.3 is 4.90 Å². The molecule has 0 radical (unpaired) electrons. The summed E-state index contributed by atoms with van der Waals surface area (Å²) in [5, 5.41) is 0. The lowest BCUT2D eigenvalue weighted by atomic mass is 9.94. The quantitative estimate of drug-likeness (QED) is 0.644. The summed E-state index contributed by atoms with van der Waals surface area (Å²) in [6.45, 7) is 1.11. The number of alkyl halides is 9. The van der Waals surface area contributed by atoms with Crippen molar-refractivity contribution in [3.63, 3.8) is 0 Å². The summed E-state index contributed by atoms with van der Waals surface area (Å²) in [6.07, 6.45) is -7.09. The zero-order valence-electron chi connectivity index (χ0n) is 13.4. The Morgan fingerprint density at radius 3 is 2.07 bits per heavy atom. The number of hydrogen-bond acceptors (Lipinski definition) is 1. The molecule has 0 bridgehead atoms. The van der Waals surface area contributed by atoms with Crippen LogP contribution < -0.4 is 4.90 Å². The van der Waals surface area contributed by atoms with Gasteiger partial charge in [0.05, 0.1) is 0 Å². The molecule has 1 atom stereocenters. The molecule has 2 nitrogen and oxygen atoms in total. The maximum atomic E-state index is 14.0. The third-order valence-electron chi connectivity index (χ3n) is 4.21. The number of carbonyl (C=O) groups excluding carboxylic acids is 1. The third kappa shape index (κ3) is 3.12. The molecule has 1 aliphatic heterocycles. The van der Waals surface area contributed by atoms with Crippen molar-refractivity contribution in [2.24, 2.45) is 0 Å². The van der Waals surface area contributed by atoms with Gasteiger partial charge in [-0.1, -0.05) is 0 Å². The number of halogens is 10. The van der Waals surface area contributed by atoms with Crippen molar-refractivity contribution >= 4 is 11.6 Å². The van der Waals surface area contributed by atoms with Gasteiger partial charge in [0.15, 0.2) is 0 Å². The van der Waals surface area contributed by atoms with Gasteiger partial charge >= 0.3 is 29.9 Å². The summed E-state index contributed by atoms with van der Waals surface area (Å²) in [5.41, 5.74) is -0.519. The van der Waals surface area contributed by atoms with E-state index in [0.717, 1.165) is 19.1 Å². The summed E-state index contributed by atoms with van der Waals surface area (Å²) in [7, 11) is 0. The maximum absolute atomic E-state index is 14.0. The Hall–Kier alpha value is -2.01. The maximum Gasteiger partial charge on any atom is 0.460 e. The van der Waals surface area contributed by atoms with E-state index in [9.17, 15) is 48.7 Å². The van der Waals surface area contributed by atoms with Crippen LogP contribution >= 0.6 is 0 Å². The number of carbonyl (C=O) groups is 1. The van der Waals surface area contributed by atoms with Crippen LogP contribution in [0.5, 0.6) is 0 Å². The highest BCUT2D eigenvalue weighted by Crippen LogP contribution is 2.54. The van der Waals surface area contributed by atoms with Crippen molar-refractivity contribution in [1.82, 2.24) is 0 Å². The number of hydrogen-bond donors (Lipinski definition) is 0. The molecule has 12 heteroatoms. The van der Waals surface area contributed by atoms with Crippen molar-refractivity contribution in [3.8, 4) is 0 Å². The van der Waals surface area contributed by atoms with Crippen LogP contribution in [0.15, 0.2) is 18.2 Å². The SMILES string of the molecule is C[C@H]1CCc2cc(F)ccc2N1C(=O)C(F)(F)C(F)(F)C(F)(F)C(F)(F)F. The largest absolute Gasteiger partial charge is 0.460 e. The fourth-order valence-corrected chi connectivity index (χ4v) is 2.69. The minimum atomic E-state index is -7.16. The molecule has 0 saturated heterocycles. The number of anilines is 1. The van der Waals surface area contributed by atoms with Crippen LogP contribution in [0.25, 0.3) is 0 Å². The molecule has 0 fully saturated rings. The van der Waals surface area contributed by atoms with Crippen LogP contribution in [-0.2, 0) is 11.2 Å². The first-order valence-corrected chi connectivity index (χ1v) is 7.38. The van der Waals surface area contributed by atoms with Gasteiger partial charge in [-0.05, 0) is 43.5 Å². The average Bonchev–Trinajstić information content (AvgIpc) is 2.52. The molecule has 27 heavy (non-hydrogen) atoms. The summed E-state index contributed by atoms with van der Waals surface area (Å²) < 4.78 is 131. The van der Waals surface area contributed by atoms with Crippen LogP contribution in [0.1, 0.15) is 18.9 Å². The Balaban J connectivity index is 2.53. The van der Waals surface area contributed by atoms with Gasteiger partial charge in [-0.2, -0.15) is 39.5 Å². The van der Waals surface area contributed by atoms with Gasteiger partial charge in [-0.3, -0.25) is 4.79 Å². The molecule has 0 aliphatic carbocycles. The lowest BCUT2D eigenvalue weighted by molar-refractivity contribution is -0.388. The molecule has 0 N–H and O–H groups in total. The molecule has 2 rings (SSSR count). The molecule has 1 aromatic rings. The molecular weight excluding hydrogens is 400 g/mol. The van der Waals surface area contributed by atoms with Crippen LogP contribution in [-0.4, -0.2) is 35.9 Å². The molecule has 0 saturated carbocycles. The number of rotatable bonds is 3. The lowest BCUT2D eigenvalue weighted by Gasteiger charge is -2.40. The summed E-state index contributed by atoms with van der Waals surface area (Å²) in [4.78, 5) is 12.0. The van der Waals surface area contributed by atoms with Gasteiger partial charge in [0, 0.05) is 11.7 Å². The molecule has 0 spiro atoms. The van der Waals surface area contributed by atoms with E-state index in [1.54, 1.807) is 0 Å². The monoisotopic (exact) mass is 411 g/mol. The van der Waals surface area contributed by atoms with E-state index in [2.05, 4.69) is 0 Å². The molecule has 1 aliphatic rings. The first kappa shape index (κ1) is 21.3. The van der Waals surface area contributed by atoms with E-state index in [0.29, 0.717) is 6.07 Å². The van der Waals surface area contributed by atoms with E-state index in [1.165, 1.54) is 0 Å². The van der Waals surface area contributed by atoms with Crippen molar-refractivity contribution in [3.05, 3.63) is 29.6 Å². The highest BCUT2D eigenvalue weighted by molar-refractivity contribution is 6.00. The normalized spacial score (nSPS) is 19.1. The molecule has 152 valence electrons. The number of benzene rings is 1. The fourth-order valence-electron chi connectivity index (χ4n) is 2.69. The highest BCUT2D eigenvalue weighted by atomic mass is 19.4. The fraction of sp³-hybridized carbons (Fsp3) is 0.533. The second kappa shape index (κ2) is 6.26. The third-order valence-corrected chi connectivity index (χ3v) is 4.21. The molecule has 0 unspecified atom stereocenters. The van der Waals surface area contributed by atoms with Crippen LogP contribution in [0.3, 0.4) is 0 Å². The van der Waals surface area contributed by atoms with Gasteiger partial charge in [0.1, 0.15) is 5.82 Å². The number of aryl methyl sites for hydroxylation is 1. The zero-order valence-corrected chi connectivity index (χ0v) is 13.4. The summed E-state index contributed by atoms with van der Waals surface area (Å²) in [6, 6.07) is 1.09. The molecule has 0 aromatic heterocycles. The van der Waals surface area contributed by atoms with E-state index in [4.69, 9.17) is 0 Å². The molecule has 1 aromatic carbocycles. The van der Waals surface area contributed by atoms with E-state index >= 15 is 0 Å². The summed E-state index contributed by atoms with van der Waals surface area (Å²) >= 11 is 0. The predicted molar refractivity (Wildman–Crippen MR) is 72.6 cm³/mol. The Kier molecular flexibility index (Phi) is 4.94. The lowest BCUT2D eigenvalue weighted by Crippen LogP contribution is -2.66. The summed E-state index contributed by atoms with van der Waals surface area (Å²) in [5.74, 6) is -24.4. The molecule has 1 amide bonds. The van der Waals surface area contributed by atoms with Crippen molar-refractivity contribution < 1.29 is 48.7 Å². The number of nitrogens with zero attached hydrogens (tertiary/aromatic N) is 1. The Labute approximate surface area is 145 Å². The highest BCUT2D eigenvalue weighted by Gasteiger charge is 2.84. The van der Waals surface area contributed by atoms with Gasteiger partial charge in [0.2, 0.25) is 0 Å². The van der Waals surface area contributed by atoms with Crippen LogP contribution in [0.4, 0.5) is 49.6 Å². The first-order chi connectivity index (χ1) is 12.1. The van der Waals surface area contributed by atoms with Gasteiger partial charge in [0.25, 0.3) is 0 Å². The van der Waals surface area contributed by atoms with E-state index in [1.807, 2.05) is 0 Å². The topological polar surface area (TPSA) is 20.3 Å². The minimum Gasteiger partial charge on any atom is -0.304 e. The van der Waals surface area contributed by atoms with Gasteiger partial charge in [-0.25, -0.2) is 4.39 Å². The standard InChI is InChI=1S/C15H11F10NO/c1-7-2-3-8-6-9(16)4-5-10(8)26(7)11(27)12(17,18)13(19,20)14(21,22)15(23,24)25/h4-7H,2-3H2,1H3/t7-/m0/s1. The molecular formula is C15H11F10NO. The van der Waals surface area contributed by atoms with Crippen molar-refractivity contribution in [2.75, 3.05) is 4.90 Å². The predicted octanol–water partition coefficient (Wildman–Crippen LogP) is 4.96. The molecule has 1 heterocycles. The van der Waals surface area contributed by atoms with Crippen LogP contribution in [0, 0.1) is 5.82 Å². The Morgan fingerprint density at radius 1 is 1.00 bits per heavy atom. The van der Waals surface area contributed by atoms with Crippen molar-refractivity contribution in [2.45, 2.75) is 49.8 Å². The van der Waals surface area contributed by atoms with Crippen LogP contribution in [0.2, 0.25) is 0 Å². The smallest absolute Gasteiger partial charge is 0.304 e. The number of fused-ring (bicyclic) bond motifs is 1. The zero-order chi connectivity index (χ0) is 21.0. The van der Waals surface area contributed by atoms with Crippen molar-refractivity contribution in [1.29, 1.82) is 0 Å². The minimum absolute atomic E-state index is 0.00135.